The number of aryl methyl sites for hydroxylation is 1. The molecule has 2 rings (SSSR count). The maximum atomic E-state index is 5.67. The number of nitrogens with zero attached hydrogens (tertiary/aromatic N) is 1. The first kappa shape index (κ1) is 13.6. The van der Waals surface area contributed by atoms with Gasteiger partial charge in [-0.1, -0.05) is 6.92 Å². The lowest BCUT2D eigenvalue weighted by molar-refractivity contribution is 0.267. The molecular weight excluding hydrogens is 240 g/mol. The van der Waals surface area contributed by atoms with Crippen LogP contribution in [0.5, 0.6) is 5.75 Å². The molecule has 1 N–H and O–H groups in total. The van der Waals surface area contributed by atoms with Crippen molar-refractivity contribution in [1.29, 1.82) is 0 Å². The summed E-state index contributed by atoms with van der Waals surface area (Å²) < 4.78 is 11.1. The van der Waals surface area contributed by atoms with Crippen LogP contribution in [-0.2, 0) is 13.2 Å². The maximum Gasteiger partial charge on any atom is 0.146 e. The van der Waals surface area contributed by atoms with Gasteiger partial charge >= 0.3 is 0 Å². The summed E-state index contributed by atoms with van der Waals surface area (Å²) in [6.45, 7) is 6.36. The minimum atomic E-state index is 0.431. The zero-order valence-corrected chi connectivity index (χ0v) is 11.5. The highest BCUT2D eigenvalue weighted by molar-refractivity contribution is 5.21. The Morgan fingerprint density at radius 1 is 1.32 bits per heavy atom. The molecule has 4 nitrogen and oxygen atoms in total. The van der Waals surface area contributed by atoms with Crippen molar-refractivity contribution in [2.45, 2.75) is 33.4 Å². The summed E-state index contributed by atoms with van der Waals surface area (Å²) in [6, 6.07) is 5.83. The number of furan rings is 1. The normalized spacial score (nSPS) is 10.6. The van der Waals surface area contributed by atoms with Gasteiger partial charge in [-0.05, 0) is 38.1 Å². The van der Waals surface area contributed by atoms with E-state index in [0.29, 0.717) is 6.61 Å². The molecule has 2 aromatic rings. The molecule has 0 fully saturated rings. The van der Waals surface area contributed by atoms with E-state index in [1.54, 1.807) is 12.5 Å². The molecule has 0 aromatic carbocycles. The lowest BCUT2D eigenvalue weighted by Crippen LogP contribution is -2.14. The molecule has 4 heteroatoms. The Kier molecular flexibility index (Phi) is 4.98. The summed E-state index contributed by atoms with van der Waals surface area (Å²) >= 11 is 0. The van der Waals surface area contributed by atoms with Crippen molar-refractivity contribution in [3.8, 4) is 5.75 Å². The van der Waals surface area contributed by atoms with Gasteiger partial charge in [-0.15, -0.1) is 0 Å². The molecule has 2 aromatic heterocycles. The Morgan fingerprint density at radius 2 is 2.21 bits per heavy atom. The Bertz CT molecular complexity index is 491. The molecule has 0 radical (unpaired) electrons. The molecule has 0 amide bonds. The first-order valence-electron chi connectivity index (χ1n) is 6.61. The van der Waals surface area contributed by atoms with E-state index in [0.717, 1.165) is 42.3 Å². The molecule has 0 atom stereocenters. The Balaban J connectivity index is 1.88. The highest BCUT2D eigenvalue weighted by Gasteiger charge is 2.07. The zero-order chi connectivity index (χ0) is 13.5. The molecule has 0 saturated heterocycles. The molecule has 0 bridgehead atoms. The average Bonchev–Trinajstić information content (AvgIpc) is 2.86. The summed E-state index contributed by atoms with van der Waals surface area (Å²) in [7, 11) is 0. The van der Waals surface area contributed by atoms with Gasteiger partial charge in [-0.2, -0.15) is 0 Å². The van der Waals surface area contributed by atoms with Gasteiger partial charge < -0.3 is 14.5 Å². The molecule has 0 aliphatic heterocycles. The van der Waals surface area contributed by atoms with Crippen LogP contribution >= 0.6 is 0 Å². The fourth-order valence-electron chi connectivity index (χ4n) is 1.74. The lowest BCUT2D eigenvalue weighted by atomic mass is 10.2. The van der Waals surface area contributed by atoms with Crippen LogP contribution in [0.25, 0.3) is 0 Å². The number of aromatic nitrogens is 1. The predicted molar refractivity (Wildman–Crippen MR) is 74.0 cm³/mol. The third-order valence-electron chi connectivity index (χ3n) is 2.83. The standard InChI is InChI=1S/C15H20N2O2/c1-3-7-16-9-13-6-8-18-15(13)11-19-14-5-4-12(2)17-10-14/h4-6,8,10,16H,3,7,9,11H2,1-2H3. The zero-order valence-electron chi connectivity index (χ0n) is 11.5. The van der Waals surface area contributed by atoms with E-state index in [9.17, 15) is 0 Å². The molecule has 0 unspecified atom stereocenters. The highest BCUT2D eigenvalue weighted by atomic mass is 16.5. The fraction of sp³-hybridized carbons (Fsp3) is 0.400. The van der Waals surface area contributed by atoms with Crippen molar-refractivity contribution in [3.05, 3.63) is 47.7 Å². The number of hydrogen-bond donors (Lipinski definition) is 1. The largest absolute Gasteiger partial charge is 0.484 e. The van der Waals surface area contributed by atoms with Gasteiger partial charge in [0.2, 0.25) is 0 Å². The third kappa shape index (κ3) is 4.10. The number of pyridine rings is 1. The average molecular weight is 260 g/mol. The van der Waals surface area contributed by atoms with E-state index in [2.05, 4.69) is 17.2 Å². The van der Waals surface area contributed by atoms with E-state index in [4.69, 9.17) is 9.15 Å². The van der Waals surface area contributed by atoms with Gasteiger partial charge in [0, 0.05) is 17.8 Å². The monoisotopic (exact) mass is 260 g/mol. The van der Waals surface area contributed by atoms with Crippen LogP contribution in [0.2, 0.25) is 0 Å². The molecule has 102 valence electrons. The van der Waals surface area contributed by atoms with Crippen molar-refractivity contribution in [2.24, 2.45) is 0 Å². The summed E-state index contributed by atoms with van der Waals surface area (Å²) in [5.74, 6) is 1.62. The van der Waals surface area contributed by atoms with E-state index in [-0.39, 0.29) is 0 Å². The molecule has 0 aliphatic carbocycles. The van der Waals surface area contributed by atoms with Gasteiger partial charge in [0.1, 0.15) is 18.1 Å². The topological polar surface area (TPSA) is 47.3 Å². The highest BCUT2D eigenvalue weighted by Crippen LogP contribution is 2.15. The van der Waals surface area contributed by atoms with Crippen molar-refractivity contribution in [3.63, 3.8) is 0 Å². The molecule has 0 saturated carbocycles. The van der Waals surface area contributed by atoms with Crippen LogP contribution < -0.4 is 10.1 Å². The minimum Gasteiger partial charge on any atom is -0.484 e. The van der Waals surface area contributed by atoms with Crippen molar-refractivity contribution >= 4 is 0 Å². The van der Waals surface area contributed by atoms with Crippen LogP contribution in [0.1, 0.15) is 30.4 Å². The number of nitrogens with one attached hydrogen (secondary N) is 1. The summed E-state index contributed by atoms with van der Waals surface area (Å²) in [6.07, 6.45) is 4.56. The van der Waals surface area contributed by atoms with Crippen molar-refractivity contribution < 1.29 is 9.15 Å². The second kappa shape index (κ2) is 6.95. The molecule has 0 spiro atoms. The Labute approximate surface area is 113 Å². The molecule has 2 heterocycles. The predicted octanol–water partition coefficient (Wildman–Crippen LogP) is 3.06. The van der Waals surface area contributed by atoms with Crippen LogP contribution in [0, 0.1) is 6.92 Å². The van der Waals surface area contributed by atoms with E-state index < -0.39 is 0 Å². The first-order valence-corrected chi connectivity index (χ1v) is 6.61. The summed E-state index contributed by atoms with van der Waals surface area (Å²) in [4.78, 5) is 4.19. The fourth-order valence-corrected chi connectivity index (χ4v) is 1.74. The molecular formula is C15H20N2O2. The van der Waals surface area contributed by atoms with Gasteiger partial charge in [-0.3, -0.25) is 4.98 Å². The van der Waals surface area contributed by atoms with E-state index in [1.807, 2.05) is 25.1 Å². The van der Waals surface area contributed by atoms with Crippen LogP contribution in [-0.4, -0.2) is 11.5 Å². The number of hydrogen-bond acceptors (Lipinski definition) is 4. The van der Waals surface area contributed by atoms with Crippen LogP contribution in [0.15, 0.2) is 35.1 Å². The van der Waals surface area contributed by atoms with Crippen LogP contribution in [0.3, 0.4) is 0 Å². The quantitative estimate of drug-likeness (QED) is 0.777. The van der Waals surface area contributed by atoms with Crippen molar-refractivity contribution in [2.75, 3.05) is 6.54 Å². The second-order valence-electron chi connectivity index (χ2n) is 4.47. The molecule has 0 aliphatic rings. The van der Waals surface area contributed by atoms with E-state index in [1.165, 1.54) is 0 Å². The van der Waals surface area contributed by atoms with Crippen LogP contribution in [0.4, 0.5) is 0 Å². The van der Waals surface area contributed by atoms with Crippen molar-refractivity contribution in [1.82, 2.24) is 10.3 Å². The number of ether oxygens (including phenoxy) is 1. The van der Waals surface area contributed by atoms with Gasteiger partial charge in [0.05, 0.1) is 12.5 Å². The minimum absolute atomic E-state index is 0.431. The lowest BCUT2D eigenvalue weighted by Gasteiger charge is -2.06. The first-order chi connectivity index (χ1) is 9.29. The summed E-state index contributed by atoms with van der Waals surface area (Å²) in [5, 5.41) is 3.36. The maximum absolute atomic E-state index is 5.67. The second-order valence-corrected chi connectivity index (χ2v) is 4.47. The van der Waals surface area contributed by atoms with Gasteiger partial charge in [-0.25, -0.2) is 0 Å². The smallest absolute Gasteiger partial charge is 0.146 e. The molecule has 19 heavy (non-hydrogen) atoms. The summed E-state index contributed by atoms with van der Waals surface area (Å²) in [5.41, 5.74) is 2.13. The SMILES string of the molecule is CCCNCc1ccoc1COc1ccc(C)nc1. The number of rotatable bonds is 7. The van der Waals surface area contributed by atoms with Gasteiger partial charge in [0.25, 0.3) is 0 Å². The van der Waals surface area contributed by atoms with E-state index >= 15 is 0 Å². The Morgan fingerprint density at radius 3 is 2.95 bits per heavy atom. The third-order valence-corrected chi connectivity index (χ3v) is 2.83. The Hall–Kier alpha value is -1.81. The van der Waals surface area contributed by atoms with Gasteiger partial charge in [0.15, 0.2) is 0 Å².